The van der Waals surface area contributed by atoms with Crippen molar-refractivity contribution >= 4 is 6.09 Å². The lowest BCUT2D eigenvalue weighted by molar-refractivity contribution is -0.118. The second-order valence-corrected chi connectivity index (χ2v) is 7.15. The zero-order valence-electron chi connectivity index (χ0n) is 15.9. The predicted octanol–water partition coefficient (Wildman–Crippen LogP) is 3.53. The Labute approximate surface area is 155 Å². The summed E-state index contributed by atoms with van der Waals surface area (Å²) in [5.41, 5.74) is 0.116. The molecule has 144 valence electrons. The summed E-state index contributed by atoms with van der Waals surface area (Å²) in [6.07, 6.45) is 3.96. The van der Waals surface area contributed by atoms with Crippen molar-refractivity contribution < 1.29 is 24.1 Å². The van der Waals surface area contributed by atoms with Gasteiger partial charge < -0.3 is 24.2 Å². The van der Waals surface area contributed by atoms with E-state index in [1.807, 2.05) is 18.2 Å². The summed E-state index contributed by atoms with van der Waals surface area (Å²) in [7, 11) is 3.24. The molecule has 6 heteroatoms. The van der Waals surface area contributed by atoms with Gasteiger partial charge in [0.2, 0.25) is 0 Å². The van der Waals surface area contributed by atoms with Crippen molar-refractivity contribution in [1.29, 1.82) is 0 Å². The highest BCUT2D eigenvalue weighted by Gasteiger charge is 2.51. The smallest absolute Gasteiger partial charge is 0.410 e. The number of fused-ring (bicyclic) bond motifs is 1. The Morgan fingerprint density at radius 2 is 2.08 bits per heavy atom. The first-order chi connectivity index (χ1) is 12.5. The molecule has 0 aromatic heterocycles. The molecule has 0 spiro atoms. The van der Waals surface area contributed by atoms with Crippen LogP contribution in [0, 0.1) is 5.92 Å². The van der Waals surface area contributed by atoms with E-state index in [0.717, 1.165) is 31.2 Å². The molecule has 6 nitrogen and oxygen atoms in total. The lowest BCUT2D eigenvalue weighted by Crippen LogP contribution is -2.56. The van der Waals surface area contributed by atoms with E-state index in [2.05, 4.69) is 0 Å². The summed E-state index contributed by atoms with van der Waals surface area (Å²) >= 11 is 0. The molecule has 1 aromatic rings. The van der Waals surface area contributed by atoms with E-state index >= 15 is 0 Å². The summed E-state index contributed by atoms with van der Waals surface area (Å²) in [5.74, 6) is 1.35. The third-order valence-electron chi connectivity index (χ3n) is 5.83. The van der Waals surface area contributed by atoms with Gasteiger partial charge in [-0.3, -0.25) is 0 Å². The standard InChI is InChI=1S/C20H29NO5/c1-4-26-19(22)21-12-11-20(23)10-6-5-7-16(20)18(21)15-13-14(24-2)8-9-17(15)25-3/h8-9,13,16,18,23H,4-7,10-12H2,1-3H3/t16-,18+,20+/m1/s1. The number of likely N-dealkylation sites (tertiary alicyclic amines) is 1. The number of nitrogens with zero attached hydrogens (tertiary/aromatic N) is 1. The van der Waals surface area contributed by atoms with E-state index in [-0.39, 0.29) is 18.1 Å². The number of piperidine rings is 1. The minimum Gasteiger partial charge on any atom is -0.497 e. The molecule has 0 unspecified atom stereocenters. The van der Waals surface area contributed by atoms with Gasteiger partial charge >= 0.3 is 6.09 Å². The highest BCUT2D eigenvalue weighted by molar-refractivity contribution is 5.69. The molecule has 1 heterocycles. The molecule has 3 rings (SSSR count). The van der Waals surface area contributed by atoms with Crippen LogP contribution in [-0.2, 0) is 4.74 Å². The molecule has 1 aliphatic heterocycles. The Morgan fingerprint density at radius 1 is 1.27 bits per heavy atom. The molecule has 1 saturated carbocycles. The van der Waals surface area contributed by atoms with Crippen molar-refractivity contribution in [3.05, 3.63) is 23.8 Å². The van der Waals surface area contributed by atoms with Crippen molar-refractivity contribution in [1.82, 2.24) is 4.90 Å². The van der Waals surface area contributed by atoms with Crippen molar-refractivity contribution in [3.63, 3.8) is 0 Å². The van der Waals surface area contributed by atoms with Crippen molar-refractivity contribution in [2.24, 2.45) is 5.92 Å². The third-order valence-corrected chi connectivity index (χ3v) is 5.83. The summed E-state index contributed by atoms with van der Waals surface area (Å²) in [5, 5.41) is 11.3. The highest BCUT2D eigenvalue weighted by atomic mass is 16.6. The van der Waals surface area contributed by atoms with Crippen molar-refractivity contribution in [2.45, 2.75) is 50.7 Å². The number of amides is 1. The zero-order chi connectivity index (χ0) is 18.7. The topological polar surface area (TPSA) is 68.2 Å². The minimum absolute atomic E-state index is 0.0459. The number of carbonyl (C=O) groups excluding carboxylic acids is 1. The highest BCUT2D eigenvalue weighted by Crippen LogP contribution is 2.51. The van der Waals surface area contributed by atoms with Crippen molar-refractivity contribution in [3.8, 4) is 11.5 Å². The molecule has 2 fully saturated rings. The number of benzene rings is 1. The van der Waals surface area contributed by atoms with Gasteiger partial charge in [0.25, 0.3) is 0 Å². The maximum Gasteiger partial charge on any atom is 0.410 e. The SMILES string of the molecule is CCOC(=O)N1CC[C@@]2(O)CCCC[C@@H]2[C@@H]1c1cc(OC)ccc1OC. The number of carbonyl (C=O) groups is 1. The normalized spacial score (nSPS) is 28.2. The van der Waals surface area contributed by atoms with Crippen LogP contribution in [0.25, 0.3) is 0 Å². The number of aliphatic hydroxyl groups is 1. The molecule has 26 heavy (non-hydrogen) atoms. The van der Waals surface area contributed by atoms with E-state index in [9.17, 15) is 9.90 Å². The molecule has 1 saturated heterocycles. The molecule has 1 aromatic carbocycles. The molecule has 3 atom stereocenters. The van der Waals surface area contributed by atoms with E-state index in [1.165, 1.54) is 0 Å². The zero-order valence-corrected chi connectivity index (χ0v) is 15.9. The molecule has 1 aliphatic carbocycles. The van der Waals surface area contributed by atoms with E-state index in [1.54, 1.807) is 26.0 Å². The van der Waals surface area contributed by atoms with Crippen LogP contribution >= 0.6 is 0 Å². The fourth-order valence-electron chi connectivity index (χ4n) is 4.55. The second kappa shape index (κ2) is 7.74. The van der Waals surface area contributed by atoms with Crippen molar-refractivity contribution in [2.75, 3.05) is 27.4 Å². The average Bonchev–Trinajstić information content (AvgIpc) is 2.66. The fraction of sp³-hybridized carbons (Fsp3) is 0.650. The maximum atomic E-state index is 12.7. The number of methoxy groups -OCH3 is 2. The number of ether oxygens (including phenoxy) is 3. The van der Waals surface area contributed by atoms with Gasteiger partial charge in [-0.2, -0.15) is 0 Å². The van der Waals surface area contributed by atoms with E-state index in [4.69, 9.17) is 14.2 Å². The number of rotatable bonds is 4. The summed E-state index contributed by atoms with van der Waals surface area (Å²) in [6.45, 7) is 2.60. The summed E-state index contributed by atoms with van der Waals surface area (Å²) < 4.78 is 16.3. The lowest BCUT2D eigenvalue weighted by Gasteiger charge is -2.52. The first-order valence-electron chi connectivity index (χ1n) is 9.41. The summed E-state index contributed by atoms with van der Waals surface area (Å²) in [6, 6.07) is 5.31. The Hall–Kier alpha value is -1.95. The number of hydrogen-bond acceptors (Lipinski definition) is 5. The van der Waals surface area contributed by atoms with Crippen LogP contribution < -0.4 is 9.47 Å². The molecular formula is C20H29NO5. The second-order valence-electron chi connectivity index (χ2n) is 7.15. The van der Waals surface area contributed by atoms with Crippen LogP contribution in [0.5, 0.6) is 11.5 Å². The van der Waals surface area contributed by atoms with Crippen LogP contribution in [-0.4, -0.2) is 49.1 Å². The molecule has 0 radical (unpaired) electrons. The summed E-state index contributed by atoms with van der Waals surface area (Å²) in [4.78, 5) is 14.4. The van der Waals surface area contributed by atoms with Gasteiger partial charge in [-0.15, -0.1) is 0 Å². The monoisotopic (exact) mass is 363 g/mol. The fourth-order valence-corrected chi connectivity index (χ4v) is 4.55. The Kier molecular flexibility index (Phi) is 5.61. The Balaban J connectivity index is 2.08. The largest absolute Gasteiger partial charge is 0.497 e. The van der Waals surface area contributed by atoms with Crippen LogP contribution in [0.1, 0.15) is 50.6 Å². The van der Waals surface area contributed by atoms with Gasteiger partial charge in [-0.25, -0.2) is 4.79 Å². The molecular weight excluding hydrogens is 334 g/mol. The first kappa shape index (κ1) is 18.8. The van der Waals surface area contributed by atoms with E-state index in [0.29, 0.717) is 31.1 Å². The molecule has 2 aliphatic rings. The van der Waals surface area contributed by atoms with Crippen LogP contribution in [0.3, 0.4) is 0 Å². The maximum absolute atomic E-state index is 12.7. The van der Waals surface area contributed by atoms with Crippen LogP contribution in [0.4, 0.5) is 4.79 Å². The Morgan fingerprint density at radius 3 is 2.77 bits per heavy atom. The van der Waals surface area contributed by atoms with Gasteiger partial charge in [-0.1, -0.05) is 12.8 Å². The Bertz CT molecular complexity index is 649. The molecule has 0 bridgehead atoms. The van der Waals surface area contributed by atoms with Gasteiger partial charge in [0, 0.05) is 18.0 Å². The minimum atomic E-state index is -0.750. The van der Waals surface area contributed by atoms with E-state index < -0.39 is 5.60 Å². The van der Waals surface area contributed by atoms with Gasteiger partial charge in [0.1, 0.15) is 11.5 Å². The molecule has 1 N–H and O–H groups in total. The van der Waals surface area contributed by atoms with Crippen LogP contribution in [0.2, 0.25) is 0 Å². The predicted molar refractivity (Wildman–Crippen MR) is 97.5 cm³/mol. The van der Waals surface area contributed by atoms with Crippen LogP contribution in [0.15, 0.2) is 18.2 Å². The molecule has 1 amide bonds. The first-order valence-corrected chi connectivity index (χ1v) is 9.41. The third kappa shape index (κ3) is 3.34. The van der Waals surface area contributed by atoms with Gasteiger partial charge in [0.05, 0.1) is 32.5 Å². The van der Waals surface area contributed by atoms with Gasteiger partial charge in [0.15, 0.2) is 0 Å². The lowest BCUT2D eigenvalue weighted by atomic mass is 9.66. The average molecular weight is 363 g/mol. The quantitative estimate of drug-likeness (QED) is 0.886. The van der Waals surface area contributed by atoms with Gasteiger partial charge in [-0.05, 0) is 44.4 Å². The number of hydrogen-bond donors (Lipinski definition) is 1.